The molecule has 1 atom stereocenters. The van der Waals surface area contributed by atoms with Crippen LogP contribution in [0.1, 0.15) is 37.1 Å². The third-order valence-corrected chi connectivity index (χ3v) is 6.75. The van der Waals surface area contributed by atoms with Crippen molar-refractivity contribution in [2.45, 2.75) is 32.2 Å². The fourth-order valence-corrected chi connectivity index (χ4v) is 4.74. The average molecular weight is 481 g/mol. The minimum absolute atomic E-state index is 0.161. The predicted molar refractivity (Wildman–Crippen MR) is 145 cm³/mol. The van der Waals surface area contributed by atoms with Crippen molar-refractivity contribution in [3.05, 3.63) is 96.3 Å². The lowest BCUT2D eigenvalue weighted by atomic mass is 9.97. The van der Waals surface area contributed by atoms with Gasteiger partial charge in [0.1, 0.15) is 11.6 Å². The normalized spacial score (nSPS) is 12.1. The standard InChI is InChI=1S/C31H32N2O3/c1-22(23-14-15-25-21-26(34-2)17-16-24(25)20-23)31-32-27-10-4-5-11-28(27)33(31)18-8-9-19-36-30-13-7-6-12-29(30)35-3/h4-7,10-17,20-22H,8-9,18-19H2,1-3H3. The highest BCUT2D eigenvalue weighted by Gasteiger charge is 2.18. The second kappa shape index (κ2) is 10.7. The lowest BCUT2D eigenvalue weighted by Gasteiger charge is -2.16. The van der Waals surface area contributed by atoms with Gasteiger partial charge in [-0.05, 0) is 65.6 Å². The molecule has 1 unspecified atom stereocenters. The summed E-state index contributed by atoms with van der Waals surface area (Å²) in [5, 5.41) is 2.38. The van der Waals surface area contributed by atoms with E-state index in [-0.39, 0.29) is 5.92 Å². The number of hydrogen-bond donors (Lipinski definition) is 0. The number of methoxy groups -OCH3 is 2. The van der Waals surface area contributed by atoms with Gasteiger partial charge < -0.3 is 18.8 Å². The molecule has 0 N–H and O–H groups in total. The minimum atomic E-state index is 0.161. The number of imidazole rings is 1. The topological polar surface area (TPSA) is 45.5 Å². The lowest BCUT2D eigenvalue weighted by molar-refractivity contribution is 0.284. The van der Waals surface area contributed by atoms with E-state index in [1.807, 2.05) is 30.3 Å². The van der Waals surface area contributed by atoms with Gasteiger partial charge >= 0.3 is 0 Å². The van der Waals surface area contributed by atoms with Crippen LogP contribution in [0.2, 0.25) is 0 Å². The van der Waals surface area contributed by atoms with Gasteiger partial charge in [0.05, 0.1) is 31.9 Å². The van der Waals surface area contributed by atoms with Crippen molar-refractivity contribution < 1.29 is 14.2 Å². The van der Waals surface area contributed by atoms with Crippen LogP contribution >= 0.6 is 0 Å². The van der Waals surface area contributed by atoms with Gasteiger partial charge in [0, 0.05) is 12.5 Å². The van der Waals surface area contributed by atoms with Gasteiger partial charge in [-0.3, -0.25) is 0 Å². The number of hydrogen-bond acceptors (Lipinski definition) is 4. The number of unbranched alkanes of at least 4 members (excludes halogenated alkanes) is 1. The van der Waals surface area contributed by atoms with Crippen molar-refractivity contribution in [3.63, 3.8) is 0 Å². The van der Waals surface area contributed by atoms with E-state index in [4.69, 9.17) is 19.2 Å². The van der Waals surface area contributed by atoms with Crippen LogP contribution in [0, 0.1) is 0 Å². The van der Waals surface area contributed by atoms with Crippen LogP contribution in [0.4, 0.5) is 0 Å². The molecular formula is C31H32N2O3. The Labute approximate surface area is 212 Å². The van der Waals surface area contributed by atoms with Crippen LogP contribution in [0.25, 0.3) is 21.8 Å². The molecule has 0 spiro atoms. The number of para-hydroxylation sites is 4. The molecule has 4 aromatic carbocycles. The second-order valence-electron chi connectivity index (χ2n) is 9.01. The molecule has 0 aliphatic rings. The minimum Gasteiger partial charge on any atom is -0.497 e. The van der Waals surface area contributed by atoms with Gasteiger partial charge in [0.2, 0.25) is 0 Å². The maximum absolute atomic E-state index is 5.98. The van der Waals surface area contributed by atoms with Crippen molar-refractivity contribution in [2.24, 2.45) is 0 Å². The molecular weight excluding hydrogens is 448 g/mol. The van der Waals surface area contributed by atoms with E-state index in [2.05, 4.69) is 66.1 Å². The zero-order valence-electron chi connectivity index (χ0n) is 21.1. The van der Waals surface area contributed by atoms with Crippen molar-refractivity contribution in [1.82, 2.24) is 9.55 Å². The molecule has 1 heterocycles. The van der Waals surface area contributed by atoms with Gasteiger partial charge in [0.25, 0.3) is 0 Å². The first-order valence-electron chi connectivity index (χ1n) is 12.5. The molecule has 36 heavy (non-hydrogen) atoms. The van der Waals surface area contributed by atoms with Crippen molar-refractivity contribution in [1.29, 1.82) is 0 Å². The summed E-state index contributed by atoms with van der Waals surface area (Å²) in [7, 11) is 3.37. The second-order valence-corrected chi connectivity index (χ2v) is 9.01. The Morgan fingerprint density at radius 3 is 2.36 bits per heavy atom. The zero-order valence-corrected chi connectivity index (χ0v) is 21.1. The van der Waals surface area contributed by atoms with Crippen molar-refractivity contribution >= 4 is 21.8 Å². The fourth-order valence-electron chi connectivity index (χ4n) is 4.74. The van der Waals surface area contributed by atoms with Crippen LogP contribution in [0.3, 0.4) is 0 Å². The van der Waals surface area contributed by atoms with Crippen molar-refractivity contribution in [2.75, 3.05) is 20.8 Å². The van der Waals surface area contributed by atoms with E-state index in [0.29, 0.717) is 6.61 Å². The highest BCUT2D eigenvalue weighted by molar-refractivity contribution is 5.85. The molecule has 0 saturated carbocycles. The number of rotatable bonds is 10. The summed E-state index contributed by atoms with van der Waals surface area (Å²) in [5.74, 6) is 3.68. The Bertz CT molecular complexity index is 1470. The van der Waals surface area contributed by atoms with E-state index in [1.54, 1.807) is 14.2 Å². The molecule has 5 nitrogen and oxygen atoms in total. The van der Waals surface area contributed by atoms with Gasteiger partial charge in [-0.15, -0.1) is 0 Å². The third-order valence-electron chi connectivity index (χ3n) is 6.75. The number of aromatic nitrogens is 2. The Morgan fingerprint density at radius 1 is 0.778 bits per heavy atom. The zero-order chi connectivity index (χ0) is 24.9. The van der Waals surface area contributed by atoms with E-state index in [9.17, 15) is 0 Å². The van der Waals surface area contributed by atoms with Crippen molar-refractivity contribution in [3.8, 4) is 17.2 Å². The molecule has 5 heteroatoms. The van der Waals surface area contributed by atoms with E-state index in [1.165, 1.54) is 21.9 Å². The summed E-state index contributed by atoms with van der Waals surface area (Å²) in [6.45, 7) is 3.78. The molecule has 0 radical (unpaired) electrons. The van der Waals surface area contributed by atoms with Gasteiger partial charge in [0.15, 0.2) is 11.5 Å². The first-order valence-corrected chi connectivity index (χ1v) is 12.5. The van der Waals surface area contributed by atoms with Crippen LogP contribution < -0.4 is 14.2 Å². The maximum Gasteiger partial charge on any atom is 0.161 e. The monoisotopic (exact) mass is 480 g/mol. The van der Waals surface area contributed by atoms with Gasteiger partial charge in [-0.2, -0.15) is 0 Å². The number of ether oxygens (including phenoxy) is 3. The Kier molecular flexibility index (Phi) is 7.08. The quantitative estimate of drug-likeness (QED) is 0.198. The molecule has 184 valence electrons. The third kappa shape index (κ3) is 4.87. The smallest absolute Gasteiger partial charge is 0.161 e. The van der Waals surface area contributed by atoms with E-state index >= 15 is 0 Å². The molecule has 0 bridgehead atoms. The summed E-state index contributed by atoms with van der Waals surface area (Å²) in [6.07, 6.45) is 1.93. The van der Waals surface area contributed by atoms with Crippen LogP contribution in [0.15, 0.2) is 84.9 Å². The number of nitrogens with zero attached hydrogens (tertiary/aromatic N) is 2. The Balaban J connectivity index is 1.34. The van der Waals surface area contributed by atoms with E-state index in [0.717, 1.165) is 48.0 Å². The fraction of sp³-hybridized carbons (Fsp3) is 0.258. The predicted octanol–water partition coefficient (Wildman–Crippen LogP) is 7.22. The van der Waals surface area contributed by atoms with Crippen LogP contribution in [0.5, 0.6) is 17.2 Å². The molecule has 0 fully saturated rings. The van der Waals surface area contributed by atoms with Crippen LogP contribution in [-0.2, 0) is 6.54 Å². The molecule has 1 aromatic heterocycles. The Hall–Kier alpha value is -3.99. The average Bonchev–Trinajstić information content (AvgIpc) is 3.30. The van der Waals surface area contributed by atoms with E-state index < -0.39 is 0 Å². The first kappa shape index (κ1) is 23.7. The summed E-state index contributed by atoms with van der Waals surface area (Å²) in [6, 6.07) is 29.0. The number of aryl methyl sites for hydroxylation is 1. The number of benzene rings is 4. The first-order chi connectivity index (χ1) is 17.7. The molecule has 5 rings (SSSR count). The molecule has 0 aliphatic carbocycles. The largest absolute Gasteiger partial charge is 0.497 e. The Morgan fingerprint density at radius 2 is 1.53 bits per heavy atom. The lowest BCUT2D eigenvalue weighted by Crippen LogP contribution is -2.10. The van der Waals surface area contributed by atoms with Gasteiger partial charge in [-0.25, -0.2) is 4.98 Å². The molecule has 5 aromatic rings. The highest BCUT2D eigenvalue weighted by Crippen LogP contribution is 2.31. The summed E-state index contributed by atoms with van der Waals surface area (Å²) in [4.78, 5) is 5.06. The number of fused-ring (bicyclic) bond motifs is 2. The van der Waals surface area contributed by atoms with Gasteiger partial charge in [-0.1, -0.05) is 55.5 Å². The summed E-state index contributed by atoms with van der Waals surface area (Å²) >= 11 is 0. The SMILES string of the molecule is COc1ccc2cc(C(C)c3nc4ccccc4n3CCCCOc3ccccc3OC)ccc2c1. The maximum atomic E-state index is 5.98. The summed E-state index contributed by atoms with van der Waals surface area (Å²) in [5.41, 5.74) is 3.47. The molecule has 0 saturated heterocycles. The summed E-state index contributed by atoms with van der Waals surface area (Å²) < 4.78 is 19.1. The molecule has 0 aliphatic heterocycles. The molecule has 0 amide bonds. The highest BCUT2D eigenvalue weighted by atomic mass is 16.5. The van der Waals surface area contributed by atoms with Crippen LogP contribution in [-0.4, -0.2) is 30.4 Å².